The quantitative estimate of drug-likeness (QED) is 0.798. The number of nitrogens with two attached hydrogens (primary N) is 1. The number of carbonyl (C=O) groups is 2. The Morgan fingerprint density at radius 1 is 1.41 bits per heavy atom. The van der Waals surface area contributed by atoms with Crippen molar-refractivity contribution in [2.45, 2.75) is 32.2 Å². The van der Waals surface area contributed by atoms with E-state index >= 15 is 0 Å². The summed E-state index contributed by atoms with van der Waals surface area (Å²) in [7, 11) is 1.61. The highest BCUT2D eigenvalue weighted by molar-refractivity contribution is 5.99. The van der Waals surface area contributed by atoms with Crippen molar-refractivity contribution < 1.29 is 14.3 Å². The SMILES string of the molecule is CCCOC1=CC=CCN1C(=O)Nc1cccc([C@]2(C)CC(=O)N(C)C(N)=N2)c1. The zero-order chi connectivity index (χ0) is 21.0. The van der Waals surface area contributed by atoms with Gasteiger partial charge < -0.3 is 15.8 Å². The average molecular weight is 397 g/mol. The van der Waals surface area contributed by atoms with Crippen molar-refractivity contribution in [3.63, 3.8) is 0 Å². The van der Waals surface area contributed by atoms with Gasteiger partial charge in [0.05, 0.1) is 18.6 Å². The highest BCUT2D eigenvalue weighted by Gasteiger charge is 2.36. The van der Waals surface area contributed by atoms with Crippen LogP contribution in [0.4, 0.5) is 10.5 Å². The number of guanidine groups is 1. The molecule has 0 radical (unpaired) electrons. The Balaban J connectivity index is 1.78. The zero-order valence-corrected chi connectivity index (χ0v) is 17.0. The second-order valence-electron chi connectivity index (χ2n) is 7.28. The van der Waals surface area contributed by atoms with Gasteiger partial charge in [0.2, 0.25) is 5.91 Å². The van der Waals surface area contributed by atoms with Crippen molar-refractivity contribution in [3.8, 4) is 0 Å². The molecule has 1 aromatic rings. The van der Waals surface area contributed by atoms with E-state index in [1.807, 2.05) is 44.2 Å². The van der Waals surface area contributed by atoms with E-state index in [0.717, 1.165) is 12.0 Å². The van der Waals surface area contributed by atoms with Crippen molar-refractivity contribution in [2.75, 3.05) is 25.5 Å². The molecule has 29 heavy (non-hydrogen) atoms. The van der Waals surface area contributed by atoms with Crippen LogP contribution in [0.1, 0.15) is 32.3 Å². The minimum absolute atomic E-state index is 0.0996. The second-order valence-corrected chi connectivity index (χ2v) is 7.28. The van der Waals surface area contributed by atoms with Crippen LogP contribution in [0.3, 0.4) is 0 Å². The number of carbonyl (C=O) groups excluding carboxylic acids is 2. The number of nitrogens with zero attached hydrogens (tertiary/aromatic N) is 3. The van der Waals surface area contributed by atoms with Crippen molar-refractivity contribution in [1.29, 1.82) is 0 Å². The molecule has 2 aliphatic rings. The fourth-order valence-corrected chi connectivity index (χ4v) is 3.21. The number of aliphatic imine (C=N–C) groups is 1. The van der Waals surface area contributed by atoms with Gasteiger partial charge in [0.1, 0.15) is 0 Å². The average Bonchev–Trinajstić information content (AvgIpc) is 2.71. The lowest BCUT2D eigenvalue weighted by molar-refractivity contribution is -0.128. The number of allylic oxidation sites excluding steroid dienone is 2. The summed E-state index contributed by atoms with van der Waals surface area (Å²) in [5, 5.41) is 2.90. The van der Waals surface area contributed by atoms with E-state index < -0.39 is 5.54 Å². The van der Waals surface area contributed by atoms with Crippen molar-refractivity contribution >= 4 is 23.6 Å². The number of hydrogen-bond acceptors (Lipinski definition) is 5. The number of urea groups is 1. The van der Waals surface area contributed by atoms with E-state index in [0.29, 0.717) is 24.7 Å². The second kappa shape index (κ2) is 8.38. The van der Waals surface area contributed by atoms with Gasteiger partial charge in [-0.1, -0.05) is 31.2 Å². The number of ether oxygens (including phenoxy) is 1. The van der Waals surface area contributed by atoms with Crippen LogP contribution in [0.5, 0.6) is 0 Å². The molecule has 2 aliphatic heterocycles. The molecule has 0 aromatic heterocycles. The third kappa shape index (κ3) is 4.42. The van der Waals surface area contributed by atoms with Gasteiger partial charge in [0.25, 0.3) is 0 Å². The summed E-state index contributed by atoms with van der Waals surface area (Å²) >= 11 is 0. The van der Waals surface area contributed by atoms with Gasteiger partial charge in [-0.05, 0) is 37.1 Å². The molecule has 0 saturated heterocycles. The molecule has 3 N–H and O–H groups in total. The molecule has 0 bridgehead atoms. The van der Waals surface area contributed by atoms with Gasteiger partial charge in [-0.25, -0.2) is 9.79 Å². The molecule has 1 atom stereocenters. The molecular formula is C21H27N5O3. The van der Waals surface area contributed by atoms with Gasteiger partial charge in [0.15, 0.2) is 11.8 Å². The predicted molar refractivity (Wildman–Crippen MR) is 112 cm³/mol. The molecule has 0 spiro atoms. The van der Waals surface area contributed by atoms with E-state index in [9.17, 15) is 9.59 Å². The molecule has 0 unspecified atom stereocenters. The fraction of sp³-hybridized carbons (Fsp3) is 0.381. The Morgan fingerprint density at radius 2 is 2.21 bits per heavy atom. The summed E-state index contributed by atoms with van der Waals surface area (Å²) in [5.74, 6) is 0.604. The number of anilines is 1. The largest absolute Gasteiger partial charge is 0.479 e. The molecule has 8 heteroatoms. The maximum absolute atomic E-state index is 12.8. The van der Waals surface area contributed by atoms with Gasteiger partial charge in [-0.15, -0.1) is 0 Å². The van der Waals surface area contributed by atoms with E-state index in [-0.39, 0.29) is 24.3 Å². The summed E-state index contributed by atoms with van der Waals surface area (Å²) in [6, 6.07) is 7.03. The van der Waals surface area contributed by atoms with Crippen molar-refractivity contribution in [1.82, 2.24) is 9.80 Å². The van der Waals surface area contributed by atoms with Crippen LogP contribution in [-0.4, -0.2) is 47.9 Å². The van der Waals surface area contributed by atoms with Crippen LogP contribution in [-0.2, 0) is 15.1 Å². The van der Waals surface area contributed by atoms with Crippen LogP contribution in [0.2, 0.25) is 0 Å². The minimum atomic E-state index is -0.780. The van der Waals surface area contributed by atoms with Crippen molar-refractivity contribution in [2.24, 2.45) is 10.7 Å². The number of nitrogens with one attached hydrogen (secondary N) is 1. The Hall–Kier alpha value is -3.29. The molecule has 154 valence electrons. The zero-order valence-electron chi connectivity index (χ0n) is 17.0. The Labute approximate surface area is 170 Å². The van der Waals surface area contributed by atoms with Gasteiger partial charge in [-0.2, -0.15) is 0 Å². The lowest BCUT2D eigenvalue weighted by Gasteiger charge is -2.33. The molecule has 2 heterocycles. The topological polar surface area (TPSA) is 100 Å². The Kier molecular flexibility index (Phi) is 5.91. The maximum Gasteiger partial charge on any atom is 0.328 e. The molecule has 3 rings (SSSR count). The van der Waals surface area contributed by atoms with Crippen LogP contribution in [0.25, 0.3) is 0 Å². The van der Waals surface area contributed by atoms with Crippen LogP contribution >= 0.6 is 0 Å². The number of rotatable bonds is 5. The number of hydrogen-bond donors (Lipinski definition) is 2. The molecule has 0 saturated carbocycles. The molecule has 0 fully saturated rings. The molecule has 8 nitrogen and oxygen atoms in total. The Bertz CT molecular complexity index is 892. The summed E-state index contributed by atoms with van der Waals surface area (Å²) in [6.45, 7) is 4.85. The smallest absolute Gasteiger partial charge is 0.328 e. The lowest BCUT2D eigenvalue weighted by atomic mass is 9.87. The first-order valence-electron chi connectivity index (χ1n) is 9.64. The predicted octanol–water partition coefficient (Wildman–Crippen LogP) is 2.75. The van der Waals surface area contributed by atoms with Crippen LogP contribution < -0.4 is 11.1 Å². The van der Waals surface area contributed by atoms with Crippen molar-refractivity contribution in [3.05, 3.63) is 53.9 Å². The third-order valence-electron chi connectivity index (χ3n) is 4.94. The number of benzene rings is 1. The summed E-state index contributed by atoms with van der Waals surface area (Å²) in [5.41, 5.74) is 6.54. The monoisotopic (exact) mass is 397 g/mol. The molecule has 1 aromatic carbocycles. The van der Waals surface area contributed by atoms with E-state index in [1.165, 1.54) is 4.90 Å². The normalized spacial score (nSPS) is 21.6. The Morgan fingerprint density at radius 3 is 2.93 bits per heavy atom. The van der Waals surface area contributed by atoms with Crippen LogP contribution in [0.15, 0.2) is 53.4 Å². The van der Waals surface area contributed by atoms with Gasteiger partial charge in [0, 0.05) is 19.3 Å². The molecule has 0 aliphatic carbocycles. The fourth-order valence-electron chi connectivity index (χ4n) is 3.21. The highest BCUT2D eigenvalue weighted by atomic mass is 16.5. The maximum atomic E-state index is 12.8. The summed E-state index contributed by atoms with van der Waals surface area (Å²) in [6.07, 6.45) is 6.59. The first-order valence-corrected chi connectivity index (χ1v) is 9.64. The first-order chi connectivity index (χ1) is 13.8. The standard InChI is InChI=1S/C21H27N5O3/c1-4-12-29-18-10-5-6-11-26(18)20(28)23-16-9-7-8-15(13-16)21(2)14-17(27)25(3)19(22)24-21/h5-10,13H,4,11-12,14H2,1-3H3,(H2,22,24)(H,23,28)/t21-/m0/s1. The summed E-state index contributed by atoms with van der Waals surface area (Å²) < 4.78 is 5.67. The van der Waals surface area contributed by atoms with E-state index in [4.69, 9.17) is 10.5 Å². The van der Waals surface area contributed by atoms with E-state index in [1.54, 1.807) is 24.1 Å². The highest BCUT2D eigenvalue weighted by Crippen LogP contribution is 2.34. The molecular weight excluding hydrogens is 370 g/mol. The lowest BCUT2D eigenvalue weighted by Crippen LogP contribution is -2.47. The van der Waals surface area contributed by atoms with E-state index in [2.05, 4.69) is 10.3 Å². The van der Waals surface area contributed by atoms with Gasteiger partial charge >= 0.3 is 6.03 Å². The summed E-state index contributed by atoms with van der Waals surface area (Å²) in [4.78, 5) is 32.5. The molecule has 3 amide bonds. The van der Waals surface area contributed by atoms with Crippen LogP contribution in [0, 0.1) is 0 Å². The first kappa shape index (κ1) is 20.4. The third-order valence-corrected chi connectivity index (χ3v) is 4.94. The number of amides is 3. The van der Waals surface area contributed by atoms with Gasteiger partial charge in [-0.3, -0.25) is 14.6 Å². The minimum Gasteiger partial charge on any atom is -0.479 e.